The fraction of sp³-hybridized carbons (Fsp3) is 0.455. The molecule has 0 saturated heterocycles. The lowest BCUT2D eigenvalue weighted by Gasteiger charge is -2.04. The molecular weight excluding hydrogens is 230 g/mol. The number of hydrogen-bond donors (Lipinski definition) is 1. The molecule has 0 bridgehead atoms. The van der Waals surface area contributed by atoms with Gasteiger partial charge in [-0.3, -0.25) is 4.79 Å². The van der Waals surface area contributed by atoms with Crippen LogP contribution in [0.25, 0.3) is 0 Å². The van der Waals surface area contributed by atoms with Gasteiger partial charge in [0.1, 0.15) is 5.69 Å². The Labute approximate surface area is 98.6 Å². The van der Waals surface area contributed by atoms with E-state index in [4.69, 9.17) is 11.6 Å². The number of H-pyrrole nitrogens is 1. The van der Waals surface area contributed by atoms with E-state index in [1.54, 1.807) is 0 Å². The average molecular weight is 244 g/mol. The van der Waals surface area contributed by atoms with E-state index in [1.165, 1.54) is 13.2 Å². The lowest BCUT2D eigenvalue weighted by Crippen LogP contribution is -2.18. The summed E-state index contributed by atoms with van der Waals surface area (Å²) in [6.45, 7) is 2.03. The maximum Gasteiger partial charge on any atom is 0.354 e. The van der Waals surface area contributed by atoms with Crippen LogP contribution < -0.4 is 5.56 Å². The number of methoxy groups -OCH3 is 1. The van der Waals surface area contributed by atoms with Gasteiger partial charge in [-0.15, -0.1) is 0 Å². The maximum absolute atomic E-state index is 11.6. The highest BCUT2D eigenvalue weighted by atomic mass is 35.5. The van der Waals surface area contributed by atoms with Crippen LogP contribution in [0, 0.1) is 0 Å². The Morgan fingerprint density at radius 3 is 2.75 bits per heavy atom. The van der Waals surface area contributed by atoms with E-state index in [0.717, 1.165) is 12.8 Å². The average Bonchev–Trinajstić information content (AvgIpc) is 2.26. The second-order valence-corrected chi connectivity index (χ2v) is 3.84. The second-order valence-electron chi connectivity index (χ2n) is 3.43. The predicted molar refractivity (Wildman–Crippen MR) is 62.0 cm³/mol. The lowest BCUT2D eigenvalue weighted by atomic mass is 10.1. The molecule has 0 aliphatic carbocycles. The number of hydrogen-bond acceptors (Lipinski definition) is 3. The van der Waals surface area contributed by atoms with Gasteiger partial charge in [-0.25, -0.2) is 4.79 Å². The topological polar surface area (TPSA) is 59.2 Å². The number of carbonyl (C=O) groups excluding carboxylic acids is 1. The fourth-order valence-corrected chi connectivity index (χ4v) is 1.65. The summed E-state index contributed by atoms with van der Waals surface area (Å²) in [5, 5.41) is 0.317. The number of ether oxygens (including phenoxy) is 1. The van der Waals surface area contributed by atoms with Crippen LogP contribution in [0.3, 0.4) is 0 Å². The van der Waals surface area contributed by atoms with E-state index in [0.29, 0.717) is 17.0 Å². The van der Waals surface area contributed by atoms with Gasteiger partial charge in [0.25, 0.3) is 5.56 Å². The normalized spacial score (nSPS) is 10.2. The second kappa shape index (κ2) is 5.70. The Bertz CT molecular complexity index is 439. The van der Waals surface area contributed by atoms with Crippen LogP contribution in [-0.2, 0) is 11.2 Å². The van der Waals surface area contributed by atoms with Crippen molar-refractivity contribution in [2.45, 2.75) is 26.2 Å². The molecule has 0 aliphatic rings. The zero-order valence-electron chi connectivity index (χ0n) is 9.30. The zero-order valence-corrected chi connectivity index (χ0v) is 10.1. The summed E-state index contributed by atoms with van der Waals surface area (Å²) in [6, 6.07) is 1.43. The quantitative estimate of drug-likeness (QED) is 0.825. The van der Waals surface area contributed by atoms with Crippen LogP contribution in [-0.4, -0.2) is 18.1 Å². The lowest BCUT2D eigenvalue weighted by molar-refractivity contribution is 0.0593. The fourth-order valence-electron chi connectivity index (χ4n) is 1.36. The molecule has 4 nitrogen and oxygen atoms in total. The summed E-state index contributed by atoms with van der Waals surface area (Å²) in [7, 11) is 1.25. The molecule has 0 amide bonds. The first-order valence-electron chi connectivity index (χ1n) is 5.10. The van der Waals surface area contributed by atoms with E-state index < -0.39 is 5.97 Å². The first kappa shape index (κ1) is 12.8. The third kappa shape index (κ3) is 2.85. The SMILES string of the molecule is CCCCc1c(Cl)cc(C(=O)OC)[nH]c1=O. The molecule has 1 aromatic heterocycles. The zero-order chi connectivity index (χ0) is 12.1. The molecule has 1 aromatic rings. The number of rotatable bonds is 4. The monoisotopic (exact) mass is 243 g/mol. The van der Waals surface area contributed by atoms with Crippen molar-refractivity contribution in [3.8, 4) is 0 Å². The van der Waals surface area contributed by atoms with E-state index >= 15 is 0 Å². The smallest absolute Gasteiger partial charge is 0.354 e. The number of unbranched alkanes of at least 4 members (excludes halogenated alkanes) is 1. The van der Waals surface area contributed by atoms with Gasteiger partial charge in [0, 0.05) is 5.56 Å². The number of carbonyl (C=O) groups is 1. The van der Waals surface area contributed by atoms with Crippen LogP contribution in [0.5, 0.6) is 0 Å². The minimum absolute atomic E-state index is 0.0812. The summed E-state index contributed by atoms with van der Waals surface area (Å²) >= 11 is 5.94. The minimum atomic E-state index is -0.596. The standard InChI is InChI=1S/C11H14ClNO3/c1-3-4-5-7-8(12)6-9(11(15)16-2)13-10(7)14/h6H,3-5H2,1-2H3,(H,13,14). The third-order valence-corrected chi connectivity index (χ3v) is 2.60. The van der Waals surface area contributed by atoms with Crippen LogP contribution in [0.4, 0.5) is 0 Å². The van der Waals surface area contributed by atoms with Gasteiger partial charge in [-0.05, 0) is 18.9 Å². The van der Waals surface area contributed by atoms with Gasteiger partial charge in [0.2, 0.25) is 0 Å². The van der Waals surface area contributed by atoms with Gasteiger partial charge in [0.05, 0.1) is 12.1 Å². The molecule has 0 fully saturated rings. The summed E-state index contributed by atoms with van der Waals surface area (Å²) in [6.07, 6.45) is 2.49. The Kier molecular flexibility index (Phi) is 4.55. The molecule has 0 atom stereocenters. The van der Waals surface area contributed by atoms with Crippen molar-refractivity contribution >= 4 is 17.6 Å². The number of pyridine rings is 1. The van der Waals surface area contributed by atoms with Crippen molar-refractivity contribution in [1.82, 2.24) is 4.98 Å². The van der Waals surface area contributed by atoms with Crippen molar-refractivity contribution in [2.75, 3.05) is 7.11 Å². The summed E-state index contributed by atoms with van der Waals surface area (Å²) < 4.78 is 4.50. The summed E-state index contributed by atoms with van der Waals surface area (Å²) in [5.41, 5.74) is 0.287. The summed E-state index contributed by atoms with van der Waals surface area (Å²) in [4.78, 5) is 25.3. The largest absolute Gasteiger partial charge is 0.464 e. The highest BCUT2D eigenvalue weighted by Crippen LogP contribution is 2.15. The molecule has 0 aromatic carbocycles. The number of halogens is 1. The van der Waals surface area contributed by atoms with Crippen LogP contribution >= 0.6 is 11.6 Å². The van der Waals surface area contributed by atoms with Gasteiger partial charge >= 0.3 is 5.97 Å². The number of nitrogens with one attached hydrogen (secondary N) is 1. The first-order valence-corrected chi connectivity index (χ1v) is 5.48. The van der Waals surface area contributed by atoms with E-state index in [9.17, 15) is 9.59 Å². The molecule has 88 valence electrons. The molecule has 0 spiro atoms. The highest BCUT2D eigenvalue weighted by Gasteiger charge is 2.12. The van der Waals surface area contributed by atoms with E-state index in [1.807, 2.05) is 6.92 Å². The maximum atomic E-state index is 11.6. The first-order chi connectivity index (χ1) is 7.60. The van der Waals surface area contributed by atoms with Gasteiger partial charge in [0.15, 0.2) is 0 Å². The number of esters is 1. The van der Waals surface area contributed by atoms with Crippen molar-refractivity contribution in [3.63, 3.8) is 0 Å². The highest BCUT2D eigenvalue weighted by molar-refractivity contribution is 6.31. The molecule has 1 heterocycles. The number of aromatic nitrogens is 1. The molecule has 0 unspecified atom stereocenters. The van der Waals surface area contributed by atoms with Crippen LogP contribution in [0.2, 0.25) is 5.02 Å². The van der Waals surface area contributed by atoms with Crippen molar-refractivity contribution in [1.29, 1.82) is 0 Å². The van der Waals surface area contributed by atoms with Crippen LogP contribution in [0.15, 0.2) is 10.9 Å². The summed E-state index contributed by atoms with van der Waals surface area (Å²) in [5.74, 6) is -0.596. The van der Waals surface area contributed by atoms with Gasteiger partial charge in [-0.2, -0.15) is 0 Å². The molecule has 5 heteroatoms. The Hall–Kier alpha value is -1.29. The van der Waals surface area contributed by atoms with Crippen molar-refractivity contribution in [2.24, 2.45) is 0 Å². The molecular formula is C11H14ClNO3. The Morgan fingerprint density at radius 2 is 2.25 bits per heavy atom. The predicted octanol–water partition coefficient (Wildman–Crippen LogP) is 2.16. The van der Waals surface area contributed by atoms with E-state index in [-0.39, 0.29) is 11.3 Å². The molecule has 1 N–H and O–H groups in total. The molecule has 0 aliphatic heterocycles. The number of aromatic amines is 1. The Balaban J connectivity index is 3.07. The molecule has 16 heavy (non-hydrogen) atoms. The Morgan fingerprint density at radius 1 is 1.56 bits per heavy atom. The van der Waals surface area contributed by atoms with Gasteiger partial charge in [-0.1, -0.05) is 24.9 Å². The van der Waals surface area contributed by atoms with Crippen molar-refractivity contribution < 1.29 is 9.53 Å². The van der Waals surface area contributed by atoms with Crippen molar-refractivity contribution in [3.05, 3.63) is 32.7 Å². The molecule has 0 saturated carbocycles. The third-order valence-electron chi connectivity index (χ3n) is 2.27. The van der Waals surface area contributed by atoms with Gasteiger partial charge < -0.3 is 9.72 Å². The van der Waals surface area contributed by atoms with Crippen LogP contribution in [0.1, 0.15) is 35.8 Å². The molecule has 1 rings (SSSR count). The van der Waals surface area contributed by atoms with E-state index in [2.05, 4.69) is 9.72 Å². The molecule has 0 radical (unpaired) electrons. The minimum Gasteiger partial charge on any atom is -0.464 e.